The van der Waals surface area contributed by atoms with Crippen LogP contribution < -0.4 is 25.8 Å². The van der Waals surface area contributed by atoms with Crippen molar-refractivity contribution >= 4 is 50.9 Å². The first kappa shape index (κ1) is 35.0. The van der Waals surface area contributed by atoms with Crippen LogP contribution in [0.1, 0.15) is 52.7 Å². The zero-order valence-corrected chi connectivity index (χ0v) is 27.2. The molecule has 0 spiro atoms. The van der Waals surface area contributed by atoms with Crippen molar-refractivity contribution in [3.8, 4) is 0 Å². The number of nitrogens with two attached hydrogens (primary N) is 1. The van der Waals surface area contributed by atoms with Gasteiger partial charge in [0.15, 0.2) is 23.9 Å². The van der Waals surface area contributed by atoms with Gasteiger partial charge in [0.05, 0.1) is 18.4 Å². The number of thioether (sulfide) groups is 1. The Labute approximate surface area is 266 Å². The number of rotatable bonds is 13. The number of carbonyl (C=O) groups is 2. The minimum absolute atomic E-state index is 0.00707. The van der Waals surface area contributed by atoms with Crippen molar-refractivity contribution in [3.05, 3.63) is 12.7 Å². The quantitative estimate of drug-likeness (QED) is 0.123. The first-order chi connectivity index (χ1) is 21.5. The molecule has 3 saturated heterocycles. The Balaban J connectivity index is 0.000000591. The van der Waals surface area contributed by atoms with Gasteiger partial charge in [-0.2, -0.15) is 24.9 Å². The van der Waals surface area contributed by atoms with Crippen molar-refractivity contribution in [1.29, 1.82) is 0 Å². The average molecular weight is 675 g/mol. The van der Waals surface area contributed by atoms with E-state index < -0.39 is 47.3 Å². The second kappa shape index (κ2) is 15.6. The van der Waals surface area contributed by atoms with E-state index >= 15 is 0 Å². The van der Waals surface area contributed by atoms with Crippen LogP contribution in [0.3, 0.4) is 0 Å². The lowest BCUT2D eigenvalue weighted by Crippen LogP contribution is -2.45. The van der Waals surface area contributed by atoms with Gasteiger partial charge in [-0.3, -0.25) is 9.36 Å². The van der Waals surface area contributed by atoms with Crippen molar-refractivity contribution in [2.75, 3.05) is 37.7 Å². The standard InChI is InChI=1S/C20H28FN9O6S2.C6H15N/c21-13-16(32)10(36-19(13)30-8-25-15-17(22)23-7-24-18(15)30)5-26-38(34,35)29-12(31)4-2-1-3-11-14-9(6-37-11)27-20(33)28-14;1-4-7(5-2)6-3/h7-11,13-14,16,19,26,32H,1-6H2,(H,29,31)(H2,22,23,24)(H2,27,28,33);4-6H2,1-3H3/t9-,10+,11-,13+,14-,16+,19+;/m0./s1. The molecule has 3 amide bonds. The summed E-state index contributed by atoms with van der Waals surface area (Å²) < 4.78 is 50.4. The Morgan fingerprint density at radius 3 is 2.64 bits per heavy atom. The van der Waals surface area contributed by atoms with Crippen molar-refractivity contribution < 1.29 is 32.2 Å². The number of hydrogen-bond donors (Lipinski definition) is 6. The fraction of sp³-hybridized carbons (Fsp3) is 0.731. The average Bonchev–Trinajstić information content (AvgIpc) is 3.76. The molecule has 2 aromatic rings. The topological polar surface area (TPSA) is 219 Å². The molecular weight excluding hydrogens is 631 g/mol. The predicted molar refractivity (Wildman–Crippen MR) is 167 cm³/mol. The minimum Gasteiger partial charge on any atom is -0.387 e. The van der Waals surface area contributed by atoms with Gasteiger partial charge in [-0.15, -0.1) is 0 Å². The predicted octanol–water partition coefficient (Wildman–Crippen LogP) is 0.0294. The third-order valence-corrected chi connectivity index (χ3v) is 10.7. The number of amides is 3. The van der Waals surface area contributed by atoms with Crippen LogP contribution in [0, 0.1) is 0 Å². The maximum absolute atomic E-state index is 14.9. The van der Waals surface area contributed by atoms with E-state index in [1.807, 2.05) is 4.72 Å². The summed E-state index contributed by atoms with van der Waals surface area (Å²) in [6.07, 6.45) is -1.75. The monoisotopic (exact) mass is 674 g/mol. The van der Waals surface area contributed by atoms with Crippen LogP contribution in [0.5, 0.6) is 0 Å². The molecule has 19 heteroatoms. The molecule has 0 aliphatic carbocycles. The van der Waals surface area contributed by atoms with E-state index in [0.29, 0.717) is 12.8 Å². The second-order valence-electron chi connectivity index (χ2n) is 10.9. The molecule has 7 atom stereocenters. The molecule has 5 heterocycles. The smallest absolute Gasteiger partial charge is 0.315 e. The molecule has 3 fully saturated rings. The van der Waals surface area contributed by atoms with Crippen LogP contribution in [0.15, 0.2) is 12.7 Å². The summed E-state index contributed by atoms with van der Waals surface area (Å²) in [5.41, 5.74) is 6.17. The van der Waals surface area contributed by atoms with Crippen molar-refractivity contribution in [2.24, 2.45) is 0 Å². The fourth-order valence-corrected chi connectivity index (χ4v) is 7.93. The lowest BCUT2D eigenvalue weighted by molar-refractivity contribution is -0.119. The molecule has 5 rings (SSSR count). The Kier molecular flexibility index (Phi) is 12.2. The number of unbranched alkanes of at least 4 members (excludes halogenated alkanes) is 1. The van der Waals surface area contributed by atoms with Crippen LogP contribution in [0.25, 0.3) is 11.2 Å². The molecule has 16 nitrogen and oxygen atoms in total. The number of nitrogens with one attached hydrogen (secondary N) is 4. The molecule has 45 heavy (non-hydrogen) atoms. The van der Waals surface area contributed by atoms with Crippen LogP contribution in [0.4, 0.5) is 15.0 Å². The maximum Gasteiger partial charge on any atom is 0.315 e. The van der Waals surface area contributed by atoms with Gasteiger partial charge in [0, 0.05) is 24.0 Å². The van der Waals surface area contributed by atoms with E-state index in [1.54, 1.807) is 11.8 Å². The summed E-state index contributed by atoms with van der Waals surface area (Å²) in [7, 11) is -4.27. The van der Waals surface area contributed by atoms with Crippen molar-refractivity contribution in [3.63, 3.8) is 0 Å². The van der Waals surface area contributed by atoms with E-state index in [4.69, 9.17) is 10.5 Å². The van der Waals surface area contributed by atoms with E-state index in [2.05, 4.69) is 56.0 Å². The number of aliphatic hydroxyl groups is 1. The highest BCUT2D eigenvalue weighted by Gasteiger charge is 2.46. The number of carbonyl (C=O) groups excluding carboxylic acids is 2. The van der Waals surface area contributed by atoms with Crippen molar-refractivity contribution in [2.45, 2.75) is 88.4 Å². The zero-order chi connectivity index (χ0) is 32.7. The molecular formula is C26H43FN10O6S2. The number of aromatic nitrogens is 4. The number of halogens is 1. The lowest BCUT2D eigenvalue weighted by atomic mass is 10.0. The molecule has 0 aromatic carbocycles. The molecule has 3 aliphatic rings. The Morgan fingerprint density at radius 1 is 1.22 bits per heavy atom. The van der Waals surface area contributed by atoms with Gasteiger partial charge in [-0.25, -0.2) is 28.9 Å². The van der Waals surface area contributed by atoms with Crippen LogP contribution in [-0.2, 0) is 19.7 Å². The SMILES string of the molecule is CCN(CC)CC.Nc1ncnc2c1ncn2[C@@H]1O[C@H](CNS(=O)(=O)NC(=O)CCCC[C@@H]2SC[C@@H]3NC(=O)N[C@@H]32)[C@@H](O)[C@H]1F. The number of hydrogen-bond acceptors (Lipinski definition) is 12. The number of ether oxygens (including phenoxy) is 1. The number of aliphatic hydroxyl groups excluding tert-OH is 1. The molecule has 0 radical (unpaired) electrons. The maximum atomic E-state index is 14.9. The van der Waals surface area contributed by atoms with Gasteiger partial charge in [0.1, 0.15) is 24.1 Å². The number of nitrogens with zero attached hydrogens (tertiary/aromatic N) is 5. The van der Waals surface area contributed by atoms with E-state index in [9.17, 15) is 27.5 Å². The number of anilines is 1. The lowest BCUT2D eigenvalue weighted by Gasteiger charge is -2.17. The molecule has 252 valence electrons. The van der Waals surface area contributed by atoms with Crippen LogP contribution >= 0.6 is 11.8 Å². The van der Waals surface area contributed by atoms with Crippen LogP contribution in [0.2, 0.25) is 0 Å². The molecule has 7 N–H and O–H groups in total. The van der Waals surface area contributed by atoms with Gasteiger partial charge in [0.2, 0.25) is 5.91 Å². The van der Waals surface area contributed by atoms with Crippen LogP contribution in [-0.4, -0.2) is 118 Å². The molecule has 3 aliphatic heterocycles. The highest BCUT2D eigenvalue weighted by atomic mass is 32.2. The molecule has 0 bridgehead atoms. The number of imidazole rings is 1. The summed E-state index contributed by atoms with van der Waals surface area (Å²) in [6, 6.07) is 0.0290. The molecule has 0 saturated carbocycles. The fourth-order valence-electron chi connectivity index (χ4n) is 5.53. The summed E-state index contributed by atoms with van der Waals surface area (Å²) in [4.78, 5) is 37.9. The van der Waals surface area contributed by atoms with E-state index in [1.165, 1.54) is 36.9 Å². The summed E-state index contributed by atoms with van der Waals surface area (Å²) >= 11 is 1.76. The second-order valence-corrected chi connectivity index (χ2v) is 13.7. The minimum atomic E-state index is -4.27. The Hall–Kier alpha value is -2.84. The first-order valence-electron chi connectivity index (χ1n) is 15.1. The molecule has 2 aromatic heterocycles. The van der Waals surface area contributed by atoms with Crippen molar-refractivity contribution in [1.82, 2.24) is 44.5 Å². The summed E-state index contributed by atoms with van der Waals surface area (Å²) in [5.74, 6) is 0.235. The molecule has 0 unspecified atom stereocenters. The largest absolute Gasteiger partial charge is 0.387 e. The number of nitrogen functional groups attached to an aromatic ring is 1. The van der Waals surface area contributed by atoms with Gasteiger partial charge in [0.25, 0.3) is 0 Å². The zero-order valence-electron chi connectivity index (χ0n) is 25.6. The number of alkyl halides is 1. The third kappa shape index (κ3) is 8.70. The Bertz CT molecular complexity index is 1410. The highest BCUT2D eigenvalue weighted by molar-refractivity contribution is 8.00. The third-order valence-electron chi connectivity index (χ3n) is 8.10. The summed E-state index contributed by atoms with van der Waals surface area (Å²) in [6.45, 7) is 9.64. The Morgan fingerprint density at radius 2 is 1.96 bits per heavy atom. The number of fused-ring (bicyclic) bond motifs is 2. The van der Waals surface area contributed by atoms with Gasteiger partial charge in [-0.05, 0) is 32.5 Å². The highest BCUT2D eigenvalue weighted by Crippen LogP contribution is 2.34. The van der Waals surface area contributed by atoms with Gasteiger partial charge >= 0.3 is 16.2 Å². The van der Waals surface area contributed by atoms with Gasteiger partial charge < -0.3 is 31.1 Å². The first-order valence-corrected chi connectivity index (χ1v) is 17.6. The normalized spacial score (nSPS) is 27.6. The van der Waals surface area contributed by atoms with E-state index in [-0.39, 0.29) is 46.8 Å². The summed E-state index contributed by atoms with van der Waals surface area (Å²) in [5, 5.41) is 16.3. The van der Waals surface area contributed by atoms with E-state index in [0.717, 1.165) is 12.2 Å². The number of urea groups is 1. The van der Waals surface area contributed by atoms with Gasteiger partial charge in [-0.1, -0.05) is 27.2 Å².